The van der Waals surface area contributed by atoms with Gasteiger partial charge >= 0.3 is 5.97 Å². The number of carboxylic acids is 1. The number of fused-ring (bicyclic) bond motifs is 1. The molecule has 0 saturated carbocycles. The number of carbonyl (C=O) groups excluding carboxylic acids is 2. The van der Waals surface area contributed by atoms with Gasteiger partial charge in [0.25, 0.3) is 0 Å². The molecule has 104 valence electrons. The molecule has 5 N–H and O–H groups in total. The molecule has 7 heteroatoms. The van der Waals surface area contributed by atoms with Gasteiger partial charge in [-0.3, -0.25) is 14.4 Å². The van der Waals surface area contributed by atoms with Crippen molar-refractivity contribution in [3.63, 3.8) is 0 Å². The minimum Gasteiger partial charge on any atom is -0.480 e. The maximum atomic E-state index is 12.3. The van der Waals surface area contributed by atoms with Crippen molar-refractivity contribution in [2.24, 2.45) is 11.5 Å². The number of rotatable bonds is 4. The highest BCUT2D eigenvalue weighted by molar-refractivity contribution is 8.04. The summed E-state index contributed by atoms with van der Waals surface area (Å²) in [7, 11) is 0. The molecular weight excluding hydrogens is 280 g/mol. The van der Waals surface area contributed by atoms with Gasteiger partial charge < -0.3 is 16.6 Å². The van der Waals surface area contributed by atoms with E-state index < -0.39 is 17.8 Å². The van der Waals surface area contributed by atoms with E-state index in [9.17, 15) is 14.4 Å². The van der Waals surface area contributed by atoms with Crippen molar-refractivity contribution >= 4 is 29.3 Å². The third kappa shape index (κ3) is 2.45. The van der Waals surface area contributed by atoms with E-state index in [0.717, 1.165) is 11.8 Å². The number of thioether (sulfide) groups is 1. The maximum Gasteiger partial charge on any atom is 0.321 e. The fourth-order valence-electron chi connectivity index (χ4n) is 1.76. The predicted molar refractivity (Wildman–Crippen MR) is 74.4 cm³/mol. The molecule has 1 aromatic rings. The molecule has 1 aliphatic carbocycles. The zero-order chi connectivity index (χ0) is 14.9. The van der Waals surface area contributed by atoms with E-state index in [1.165, 1.54) is 6.07 Å². The number of benzene rings is 1. The lowest BCUT2D eigenvalue weighted by atomic mass is 9.93. The average Bonchev–Trinajstić information content (AvgIpc) is 2.44. The largest absolute Gasteiger partial charge is 0.480 e. The van der Waals surface area contributed by atoms with Crippen LogP contribution in [0.2, 0.25) is 0 Å². The molecule has 0 spiro atoms. The Morgan fingerprint density at radius 1 is 1.20 bits per heavy atom. The van der Waals surface area contributed by atoms with Crippen LogP contribution in [0.25, 0.3) is 0 Å². The molecule has 0 aliphatic heterocycles. The molecule has 20 heavy (non-hydrogen) atoms. The standard InChI is InChI=1S/C13H12N2O4S/c14-8(13(18)19)5-20-12-9(15)10(16)6-3-1-2-4-7(6)11(12)17/h1-4,8H,5,14-15H2,(H,18,19)/t8-/m1/s1. The Morgan fingerprint density at radius 2 is 1.75 bits per heavy atom. The number of nitrogens with two attached hydrogens (primary N) is 2. The van der Waals surface area contributed by atoms with E-state index in [0.29, 0.717) is 0 Å². The van der Waals surface area contributed by atoms with Gasteiger partial charge in [-0.05, 0) is 0 Å². The summed E-state index contributed by atoms with van der Waals surface area (Å²) in [4.78, 5) is 35.0. The molecule has 0 saturated heterocycles. The average molecular weight is 292 g/mol. The molecule has 1 aliphatic rings. The van der Waals surface area contributed by atoms with Crippen molar-refractivity contribution in [3.8, 4) is 0 Å². The Bertz CT molecular complexity index is 639. The van der Waals surface area contributed by atoms with Crippen molar-refractivity contribution in [1.82, 2.24) is 0 Å². The van der Waals surface area contributed by atoms with E-state index in [1.807, 2.05) is 0 Å². The number of hydrogen-bond acceptors (Lipinski definition) is 6. The Labute approximate surface area is 118 Å². The quantitative estimate of drug-likeness (QED) is 0.733. The monoisotopic (exact) mass is 292 g/mol. The first-order valence-corrected chi connectivity index (χ1v) is 6.71. The SMILES string of the molecule is NC1=C(SC[C@@H](N)C(=O)O)C(=O)c2ccccc2C1=O. The highest BCUT2D eigenvalue weighted by Crippen LogP contribution is 2.30. The molecule has 0 amide bonds. The third-order valence-corrected chi connectivity index (χ3v) is 4.06. The van der Waals surface area contributed by atoms with Crippen molar-refractivity contribution in [2.75, 3.05) is 5.75 Å². The summed E-state index contributed by atoms with van der Waals surface area (Å²) in [5.41, 5.74) is 11.4. The van der Waals surface area contributed by atoms with Crippen LogP contribution in [0, 0.1) is 0 Å². The van der Waals surface area contributed by atoms with E-state index in [4.69, 9.17) is 16.6 Å². The Balaban J connectivity index is 2.30. The molecule has 0 fully saturated rings. The van der Waals surface area contributed by atoms with Crippen LogP contribution in [0.3, 0.4) is 0 Å². The van der Waals surface area contributed by atoms with Crippen LogP contribution in [0.15, 0.2) is 34.9 Å². The van der Waals surface area contributed by atoms with Crippen LogP contribution >= 0.6 is 11.8 Å². The number of carboxylic acid groups (broad SMARTS) is 1. The summed E-state index contributed by atoms with van der Waals surface area (Å²) in [6.07, 6.45) is 0. The second kappa shape index (κ2) is 5.48. The van der Waals surface area contributed by atoms with Gasteiger partial charge in [0, 0.05) is 16.9 Å². The first-order chi connectivity index (χ1) is 9.43. The zero-order valence-electron chi connectivity index (χ0n) is 10.3. The van der Waals surface area contributed by atoms with Gasteiger partial charge in [-0.15, -0.1) is 11.8 Å². The number of carbonyl (C=O) groups is 3. The summed E-state index contributed by atoms with van der Waals surface area (Å²) in [6.45, 7) is 0. The number of hydrogen-bond donors (Lipinski definition) is 3. The van der Waals surface area contributed by atoms with Gasteiger partial charge in [-0.25, -0.2) is 0 Å². The van der Waals surface area contributed by atoms with Crippen molar-refractivity contribution < 1.29 is 19.5 Å². The van der Waals surface area contributed by atoms with Gasteiger partial charge in [0.2, 0.25) is 11.6 Å². The molecule has 1 atom stereocenters. The molecule has 6 nitrogen and oxygen atoms in total. The topological polar surface area (TPSA) is 123 Å². The number of allylic oxidation sites excluding steroid dienone is 2. The summed E-state index contributed by atoms with van der Waals surface area (Å²) in [6, 6.07) is 5.25. The number of ketones is 2. The fourth-order valence-corrected chi connectivity index (χ4v) is 2.74. The first kappa shape index (κ1) is 14.3. The highest BCUT2D eigenvalue weighted by Gasteiger charge is 2.31. The molecule has 0 heterocycles. The summed E-state index contributed by atoms with van der Waals surface area (Å²) in [5, 5.41) is 8.72. The number of Topliss-reactive ketones (excluding diaryl/α,β-unsaturated/α-hetero) is 2. The van der Waals surface area contributed by atoms with E-state index in [1.54, 1.807) is 18.2 Å². The fraction of sp³-hybridized carbons (Fsp3) is 0.154. The Hall–Kier alpha value is -2.12. The Morgan fingerprint density at radius 3 is 2.30 bits per heavy atom. The van der Waals surface area contributed by atoms with Crippen molar-refractivity contribution in [3.05, 3.63) is 46.0 Å². The van der Waals surface area contributed by atoms with Gasteiger partial charge in [0.1, 0.15) is 6.04 Å². The summed E-state index contributed by atoms with van der Waals surface area (Å²) < 4.78 is 0. The van der Waals surface area contributed by atoms with Gasteiger partial charge in [0.15, 0.2) is 0 Å². The lowest BCUT2D eigenvalue weighted by Crippen LogP contribution is -2.33. The summed E-state index contributed by atoms with van der Waals surface area (Å²) in [5.74, 6) is -2.01. The first-order valence-electron chi connectivity index (χ1n) is 5.73. The van der Waals surface area contributed by atoms with Gasteiger partial charge in [-0.1, -0.05) is 24.3 Å². The molecule has 0 unspecified atom stereocenters. The molecule has 0 aromatic heterocycles. The smallest absolute Gasteiger partial charge is 0.321 e. The molecule has 2 rings (SSSR count). The van der Waals surface area contributed by atoms with E-state index in [-0.39, 0.29) is 33.3 Å². The number of aliphatic carboxylic acids is 1. The predicted octanol–water partition coefficient (Wildman–Crippen LogP) is 0.381. The van der Waals surface area contributed by atoms with E-state index >= 15 is 0 Å². The minimum atomic E-state index is -1.17. The highest BCUT2D eigenvalue weighted by atomic mass is 32.2. The van der Waals surface area contributed by atoms with Crippen LogP contribution in [0.1, 0.15) is 20.7 Å². The van der Waals surface area contributed by atoms with Crippen LogP contribution in [0.4, 0.5) is 0 Å². The third-order valence-electron chi connectivity index (χ3n) is 2.84. The van der Waals surface area contributed by atoms with Crippen LogP contribution in [-0.4, -0.2) is 34.4 Å². The van der Waals surface area contributed by atoms with Gasteiger partial charge in [0.05, 0.1) is 10.6 Å². The zero-order valence-corrected chi connectivity index (χ0v) is 11.1. The van der Waals surface area contributed by atoms with Crippen molar-refractivity contribution in [2.45, 2.75) is 6.04 Å². The van der Waals surface area contributed by atoms with Crippen LogP contribution in [-0.2, 0) is 4.79 Å². The molecular formula is C13H12N2O4S. The molecule has 0 bridgehead atoms. The second-order valence-electron chi connectivity index (χ2n) is 4.20. The van der Waals surface area contributed by atoms with Crippen molar-refractivity contribution in [1.29, 1.82) is 0 Å². The maximum absolute atomic E-state index is 12.3. The van der Waals surface area contributed by atoms with Crippen LogP contribution < -0.4 is 11.5 Å². The lowest BCUT2D eigenvalue weighted by molar-refractivity contribution is -0.137. The second-order valence-corrected chi connectivity index (χ2v) is 5.23. The van der Waals surface area contributed by atoms with Gasteiger partial charge in [-0.2, -0.15) is 0 Å². The normalized spacial score (nSPS) is 16.1. The summed E-state index contributed by atoms with van der Waals surface area (Å²) >= 11 is 0.896. The Kier molecular flexibility index (Phi) is 3.91. The molecule has 1 aromatic carbocycles. The van der Waals surface area contributed by atoms with E-state index in [2.05, 4.69) is 0 Å². The minimum absolute atomic E-state index is 0.0352. The molecule has 0 radical (unpaired) electrons. The lowest BCUT2D eigenvalue weighted by Gasteiger charge is -2.18. The van der Waals surface area contributed by atoms with Crippen LogP contribution in [0.5, 0.6) is 0 Å².